The van der Waals surface area contributed by atoms with Crippen LogP contribution in [0.2, 0.25) is 0 Å². The van der Waals surface area contributed by atoms with Crippen molar-refractivity contribution in [2.45, 2.75) is 6.42 Å². The molecule has 0 amide bonds. The summed E-state index contributed by atoms with van der Waals surface area (Å²) in [6.07, 6.45) is 0.959. The van der Waals surface area contributed by atoms with E-state index in [2.05, 4.69) is 57.0 Å². The Morgan fingerprint density at radius 2 is 1.57 bits per heavy atom. The zero-order chi connectivity index (χ0) is 15.9. The van der Waals surface area contributed by atoms with Crippen LogP contribution in [0.3, 0.4) is 0 Å². The number of hydrogen-bond acceptors (Lipinski definition) is 4. The Labute approximate surface area is 136 Å². The summed E-state index contributed by atoms with van der Waals surface area (Å²) in [6, 6.07) is 22.5. The van der Waals surface area contributed by atoms with E-state index in [4.69, 9.17) is 0 Å². The fourth-order valence-electron chi connectivity index (χ4n) is 2.39. The molecule has 4 heteroatoms. The molecule has 0 aliphatic carbocycles. The maximum Gasteiger partial charge on any atom is 0.224 e. The van der Waals surface area contributed by atoms with E-state index in [0.717, 1.165) is 30.0 Å². The molecule has 2 aromatic carbocycles. The summed E-state index contributed by atoms with van der Waals surface area (Å²) in [5, 5.41) is 6.41. The molecule has 1 heterocycles. The minimum Gasteiger partial charge on any atom is -0.370 e. The molecule has 0 saturated carbocycles. The van der Waals surface area contributed by atoms with Crippen LogP contribution in [0.5, 0.6) is 0 Å². The lowest BCUT2D eigenvalue weighted by molar-refractivity contribution is 1.00. The molecule has 0 spiro atoms. The van der Waals surface area contributed by atoms with E-state index < -0.39 is 0 Å². The van der Waals surface area contributed by atoms with Crippen molar-refractivity contribution < 1.29 is 0 Å². The lowest BCUT2D eigenvalue weighted by atomic mass is 10.1. The summed E-state index contributed by atoms with van der Waals surface area (Å²) >= 11 is 0. The van der Waals surface area contributed by atoms with Gasteiger partial charge in [0, 0.05) is 25.2 Å². The van der Waals surface area contributed by atoms with E-state index in [0.29, 0.717) is 5.95 Å². The van der Waals surface area contributed by atoms with E-state index in [-0.39, 0.29) is 0 Å². The van der Waals surface area contributed by atoms with Gasteiger partial charge in [0.1, 0.15) is 5.82 Å². The van der Waals surface area contributed by atoms with E-state index in [1.165, 1.54) is 5.56 Å². The quantitative estimate of drug-likeness (QED) is 0.726. The first-order chi connectivity index (χ1) is 11.3. The molecule has 0 saturated heterocycles. The predicted octanol–water partition coefficient (Wildman–Crippen LogP) is 3.84. The highest BCUT2D eigenvalue weighted by Gasteiger charge is 2.05. The molecule has 0 bridgehead atoms. The molecule has 0 aliphatic rings. The van der Waals surface area contributed by atoms with E-state index in [9.17, 15) is 0 Å². The highest BCUT2D eigenvalue weighted by molar-refractivity contribution is 5.64. The molecule has 0 atom stereocenters. The maximum atomic E-state index is 4.53. The second kappa shape index (κ2) is 7.40. The van der Waals surface area contributed by atoms with Crippen molar-refractivity contribution in [2.75, 3.05) is 24.2 Å². The Kier molecular flexibility index (Phi) is 4.84. The van der Waals surface area contributed by atoms with E-state index in [1.807, 2.05) is 37.4 Å². The Morgan fingerprint density at radius 3 is 2.26 bits per heavy atom. The third-order valence-electron chi connectivity index (χ3n) is 3.58. The smallest absolute Gasteiger partial charge is 0.224 e. The van der Waals surface area contributed by atoms with Crippen molar-refractivity contribution in [3.8, 4) is 11.3 Å². The van der Waals surface area contributed by atoms with Crippen molar-refractivity contribution in [3.63, 3.8) is 0 Å². The minimum absolute atomic E-state index is 0.619. The minimum atomic E-state index is 0.619. The fraction of sp³-hybridized carbons (Fsp3) is 0.158. The second-order valence-electron chi connectivity index (χ2n) is 5.24. The SMILES string of the molecule is CNc1nc(NCCc2ccccc2)cc(-c2ccccc2)n1. The Bertz CT molecular complexity index is 742. The van der Waals surface area contributed by atoms with Gasteiger partial charge in [-0.1, -0.05) is 60.7 Å². The van der Waals surface area contributed by atoms with Gasteiger partial charge in [0.2, 0.25) is 5.95 Å². The van der Waals surface area contributed by atoms with E-state index >= 15 is 0 Å². The van der Waals surface area contributed by atoms with Gasteiger partial charge in [0.15, 0.2) is 0 Å². The molecule has 1 aromatic heterocycles. The molecule has 3 aromatic rings. The number of hydrogen-bond donors (Lipinski definition) is 2. The zero-order valence-electron chi connectivity index (χ0n) is 13.2. The van der Waals surface area contributed by atoms with Gasteiger partial charge in [0.25, 0.3) is 0 Å². The van der Waals surface area contributed by atoms with Crippen LogP contribution in [-0.4, -0.2) is 23.6 Å². The van der Waals surface area contributed by atoms with Crippen LogP contribution in [0.25, 0.3) is 11.3 Å². The van der Waals surface area contributed by atoms with Gasteiger partial charge in [0.05, 0.1) is 5.69 Å². The molecule has 3 rings (SSSR count). The highest BCUT2D eigenvalue weighted by atomic mass is 15.1. The Morgan fingerprint density at radius 1 is 0.870 bits per heavy atom. The molecule has 116 valence electrons. The van der Waals surface area contributed by atoms with E-state index in [1.54, 1.807) is 0 Å². The van der Waals surface area contributed by atoms with Gasteiger partial charge in [-0.2, -0.15) is 4.98 Å². The first-order valence-electron chi connectivity index (χ1n) is 7.75. The number of nitrogens with zero attached hydrogens (tertiary/aromatic N) is 2. The number of benzene rings is 2. The van der Waals surface area contributed by atoms with Gasteiger partial charge in [-0.25, -0.2) is 4.98 Å². The van der Waals surface area contributed by atoms with Crippen molar-refractivity contribution in [3.05, 3.63) is 72.3 Å². The number of nitrogens with one attached hydrogen (secondary N) is 2. The molecular weight excluding hydrogens is 284 g/mol. The van der Waals surface area contributed by atoms with Crippen LogP contribution in [0.1, 0.15) is 5.56 Å². The van der Waals surface area contributed by atoms with Crippen LogP contribution in [0.4, 0.5) is 11.8 Å². The topological polar surface area (TPSA) is 49.8 Å². The fourth-order valence-corrected chi connectivity index (χ4v) is 2.39. The molecule has 4 nitrogen and oxygen atoms in total. The lowest BCUT2D eigenvalue weighted by Gasteiger charge is -2.10. The van der Waals surface area contributed by atoms with Crippen LogP contribution in [-0.2, 0) is 6.42 Å². The lowest BCUT2D eigenvalue weighted by Crippen LogP contribution is -2.08. The molecule has 0 radical (unpaired) electrons. The Balaban J connectivity index is 1.74. The third-order valence-corrected chi connectivity index (χ3v) is 3.58. The molecule has 0 aliphatic heterocycles. The number of aromatic nitrogens is 2. The largest absolute Gasteiger partial charge is 0.370 e. The van der Waals surface area contributed by atoms with Crippen LogP contribution in [0.15, 0.2) is 66.7 Å². The molecule has 0 fully saturated rings. The van der Waals surface area contributed by atoms with Crippen LogP contribution < -0.4 is 10.6 Å². The maximum absolute atomic E-state index is 4.53. The normalized spacial score (nSPS) is 10.3. The Hall–Kier alpha value is -2.88. The summed E-state index contributed by atoms with van der Waals surface area (Å²) in [6.45, 7) is 0.832. The van der Waals surface area contributed by atoms with Crippen LogP contribution >= 0.6 is 0 Å². The summed E-state index contributed by atoms with van der Waals surface area (Å²) in [4.78, 5) is 9.00. The van der Waals surface area contributed by atoms with Gasteiger partial charge >= 0.3 is 0 Å². The second-order valence-corrected chi connectivity index (χ2v) is 5.24. The predicted molar refractivity (Wildman–Crippen MR) is 95.7 cm³/mol. The van der Waals surface area contributed by atoms with Crippen molar-refractivity contribution in [2.24, 2.45) is 0 Å². The monoisotopic (exact) mass is 304 g/mol. The van der Waals surface area contributed by atoms with Crippen LogP contribution in [0, 0.1) is 0 Å². The van der Waals surface area contributed by atoms with Gasteiger partial charge in [-0.3, -0.25) is 0 Å². The number of rotatable bonds is 6. The molecule has 0 unspecified atom stereocenters. The average molecular weight is 304 g/mol. The van der Waals surface area contributed by atoms with Crippen molar-refractivity contribution in [1.29, 1.82) is 0 Å². The van der Waals surface area contributed by atoms with Crippen molar-refractivity contribution in [1.82, 2.24) is 9.97 Å². The molecule has 23 heavy (non-hydrogen) atoms. The summed E-state index contributed by atoms with van der Waals surface area (Å²) in [5.41, 5.74) is 3.30. The zero-order valence-corrected chi connectivity index (χ0v) is 13.2. The first-order valence-corrected chi connectivity index (χ1v) is 7.75. The summed E-state index contributed by atoms with van der Waals surface area (Å²) < 4.78 is 0. The third kappa shape index (κ3) is 4.07. The molecular formula is C19H20N4. The average Bonchev–Trinajstić information content (AvgIpc) is 2.63. The highest BCUT2D eigenvalue weighted by Crippen LogP contribution is 2.21. The first kappa shape index (κ1) is 15.0. The van der Waals surface area contributed by atoms with Gasteiger partial charge in [-0.15, -0.1) is 0 Å². The summed E-state index contributed by atoms with van der Waals surface area (Å²) in [5.74, 6) is 1.45. The number of anilines is 2. The summed E-state index contributed by atoms with van der Waals surface area (Å²) in [7, 11) is 1.83. The van der Waals surface area contributed by atoms with Gasteiger partial charge < -0.3 is 10.6 Å². The molecule has 2 N–H and O–H groups in total. The van der Waals surface area contributed by atoms with Gasteiger partial charge in [-0.05, 0) is 12.0 Å². The standard InChI is InChI=1S/C19H20N4/c1-20-19-22-17(16-10-6-3-7-11-16)14-18(23-19)21-13-12-15-8-4-2-5-9-15/h2-11,14H,12-13H2,1H3,(H2,20,21,22,23). The van der Waals surface area contributed by atoms with Crippen molar-refractivity contribution >= 4 is 11.8 Å².